The van der Waals surface area contributed by atoms with Gasteiger partial charge in [-0.3, -0.25) is 10.1 Å². The van der Waals surface area contributed by atoms with E-state index < -0.39 is 11.5 Å². The summed E-state index contributed by atoms with van der Waals surface area (Å²) in [6.45, 7) is 0. The van der Waals surface area contributed by atoms with Gasteiger partial charge in [-0.2, -0.15) is 0 Å². The van der Waals surface area contributed by atoms with Gasteiger partial charge in [0, 0.05) is 11.1 Å². The number of fused-ring (bicyclic) bond motifs is 1. The number of carbonyl (C=O) groups is 1. The molecule has 0 aliphatic heterocycles. The fourth-order valence-electron chi connectivity index (χ4n) is 3.43. The van der Waals surface area contributed by atoms with Crippen molar-refractivity contribution in [3.05, 3.63) is 88.8 Å². The largest absolute Gasteiger partial charge is 0.496 e. The number of amides is 1. The van der Waals surface area contributed by atoms with Crippen molar-refractivity contribution in [2.24, 2.45) is 0 Å². The lowest BCUT2D eigenvalue weighted by Gasteiger charge is -2.14. The van der Waals surface area contributed by atoms with Crippen LogP contribution in [0, 0.1) is 0 Å². The molecule has 0 radical (unpaired) electrons. The van der Waals surface area contributed by atoms with Crippen LogP contribution in [0.25, 0.3) is 22.1 Å². The number of methoxy groups -OCH3 is 2. The minimum absolute atomic E-state index is 0.0793. The molecule has 33 heavy (non-hydrogen) atoms. The van der Waals surface area contributed by atoms with Crippen LogP contribution in [0.2, 0.25) is 0 Å². The Hall–Kier alpha value is -4.17. The van der Waals surface area contributed by atoms with E-state index in [2.05, 4.69) is 10.6 Å². The average molecular weight is 461 g/mol. The first-order valence-corrected chi connectivity index (χ1v) is 10.4. The number of anilines is 1. The van der Waals surface area contributed by atoms with Crippen LogP contribution in [0.15, 0.2) is 82.0 Å². The van der Waals surface area contributed by atoms with Crippen molar-refractivity contribution in [2.75, 3.05) is 19.5 Å². The molecule has 2 N–H and O–H groups in total. The molecule has 0 saturated heterocycles. The van der Waals surface area contributed by atoms with Crippen LogP contribution in [0.3, 0.4) is 0 Å². The van der Waals surface area contributed by atoms with Crippen molar-refractivity contribution in [1.82, 2.24) is 5.32 Å². The summed E-state index contributed by atoms with van der Waals surface area (Å²) in [7, 11) is 2.94. The Morgan fingerprint density at radius 3 is 2.33 bits per heavy atom. The van der Waals surface area contributed by atoms with Crippen molar-refractivity contribution in [3.8, 4) is 22.6 Å². The summed E-state index contributed by atoms with van der Waals surface area (Å²) in [5.41, 5.74) is 1.98. The molecule has 8 heteroatoms. The number of carbonyl (C=O) groups excluding carboxylic acids is 1. The number of hydrogen-bond donors (Lipinski definition) is 2. The zero-order chi connectivity index (χ0) is 23.4. The lowest BCUT2D eigenvalue weighted by Crippen LogP contribution is -2.34. The first kappa shape index (κ1) is 22.0. The highest BCUT2D eigenvalue weighted by Crippen LogP contribution is 2.28. The second-order valence-electron chi connectivity index (χ2n) is 7.01. The molecule has 7 nitrogen and oxygen atoms in total. The van der Waals surface area contributed by atoms with E-state index in [0.29, 0.717) is 33.9 Å². The third-order valence-corrected chi connectivity index (χ3v) is 5.16. The molecule has 166 valence electrons. The van der Waals surface area contributed by atoms with Gasteiger partial charge in [-0.25, -0.2) is 4.79 Å². The second kappa shape index (κ2) is 9.54. The third-order valence-electron chi connectivity index (χ3n) is 4.95. The molecule has 0 atom stereocenters. The van der Waals surface area contributed by atoms with Crippen LogP contribution in [0.1, 0.15) is 10.4 Å². The molecular weight excluding hydrogens is 440 g/mol. The van der Waals surface area contributed by atoms with E-state index in [1.54, 1.807) is 54.6 Å². The van der Waals surface area contributed by atoms with Crippen molar-refractivity contribution < 1.29 is 18.7 Å². The van der Waals surface area contributed by atoms with Crippen LogP contribution in [-0.2, 0) is 0 Å². The first-order chi connectivity index (χ1) is 16.0. The number of ether oxygens (including phenoxy) is 2. The van der Waals surface area contributed by atoms with E-state index in [9.17, 15) is 9.59 Å². The second-order valence-corrected chi connectivity index (χ2v) is 7.42. The van der Waals surface area contributed by atoms with Crippen LogP contribution in [0.5, 0.6) is 11.5 Å². The minimum atomic E-state index is -0.479. The van der Waals surface area contributed by atoms with Gasteiger partial charge in [-0.05, 0) is 54.2 Å². The van der Waals surface area contributed by atoms with Crippen LogP contribution < -0.4 is 25.7 Å². The van der Waals surface area contributed by atoms with E-state index in [1.165, 1.54) is 14.2 Å². The molecule has 1 amide bonds. The summed E-state index contributed by atoms with van der Waals surface area (Å²) >= 11 is 5.32. The maximum absolute atomic E-state index is 12.8. The number of thiocarbonyl (C=S) groups is 1. The highest BCUT2D eigenvalue weighted by Gasteiger charge is 2.19. The molecule has 0 saturated carbocycles. The van der Waals surface area contributed by atoms with E-state index >= 15 is 0 Å². The lowest BCUT2D eigenvalue weighted by molar-refractivity contribution is 0.0971. The Labute approximate surface area is 195 Å². The minimum Gasteiger partial charge on any atom is -0.496 e. The Kier molecular flexibility index (Phi) is 6.37. The zero-order valence-electron chi connectivity index (χ0n) is 17.9. The number of hydrogen-bond acceptors (Lipinski definition) is 6. The van der Waals surface area contributed by atoms with E-state index in [-0.39, 0.29) is 10.7 Å². The molecule has 0 fully saturated rings. The lowest BCUT2D eigenvalue weighted by atomic mass is 10.1. The van der Waals surface area contributed by atoms with Crippen molar-refractivity contribution in [3.63, 3.8) is 0 Å². The smallest absolute Gasteiger partial charge is 0.344 e. The molecule has 1 heterocycles. The summed E-state index contributed by atoms with van der Waals surface area (Å²) in [4.78, 5) is 25.3. The van der Waals surface area contributed by atoms with Crippen molar-refractivity contribution in [2.45, 2.75) is 0 Å². The zero-order valence-corrected chi connectivity index (χ0v) is 18.7. The average Bonchev–Trinajstić information content (AvgIpc) is 2.83. The van der Waals surface area contributed by atoms with Gasteiger partial charge in [0.1, 0.15) is 22.6 Å². The molecule has 3 aromatic carbocycles. The van der Waals surface area contributed by atoms with Gasteiger partial charge in [-0.15, -0.1) is 0 Å². The topological polar surface area (TPSA) is 89.8 Å². The Bertz CT molecular complexity index is 1390. The van der Waals surface area contributed by atoms with E-state index in [1.807, 2.05) is 18.2 Å². The summed E-state index contributed by atoms with van der Waals surface area (Å²) in [6, 6.07) is 21.2. The molecule has 1 aromatic heterocycles. The van der Waals surface area contributed by atoms with Crippen LogP contribution >= 0.6 is 12.2 Å². The van der Waals surface area contributed by atoms with Gasteiger partial charge in [0.15, 0.2) is 5.11 Å². The van der Waals surface area contributed by atoms with Crippen LogP contribution in [-0.4, -0.2) is 25.2 Å². The first-order valence-electron chi connectivity index (χ1n) is 9.97. The van der Waals surface area contributed by atoms with E-state index in [4.69, 9.17) is 26.1 Å². The highest BCUT2D eigenvalue weighted by molar-refractivity contribution is 7.80. The molecular formula is C25H20N2O5S. The fraction of sp³-hybridized carbons (Fsp3) is 0.0800. The SMILES string of the molecule is COc1cccc(OC)c1C(=O)NC(=S)Nc1cccc(-c2cc3ccccc3oc2=O)c1. The summed E-state index contributed by atoms with van der Waals surface area (Å²) < 4.78 is 16.0. The van der Waals surface area contributed by atoms with Gasteiger partial charge >= 0.3 is 5.63 Å². The Morgan fingerprint density at radius 1 is 0.909 bits per heavy atom. The fourth-order valence-corrected chi connectivity index (χ4v) is 3.64. The van der Waals surface area contributed by atoms with Crippen molar-refractivity contribution >= 4 is 39.9 Å². The predicted octanol–water partition coefficient (Wildman–Crippen LogP) is 4.60. The Morgan fingerprint density at radius 2 is 1.61 bits per heavy atom. The summed E-state index contributed by atoms with van der Waals surface area (Å²) in [5, 5.41) is 6.50. The molecule has 0 unspecified atom stereocenters. The van der Waals surface area contributed by atoms with Gasteiger partial charge in [0.2, 0.25) is 0 Å². The van der Waals surface area contributed by atoms with Gasteiger partial charge in [-0.1, -0.05) is 36.4 Å². The molecule has 0 spiro atoms. The Balaban J connectivity index is 1.55. The third kappa shape index (κ3) is 4.70. The normalized spacial score (nSPS) is 10.5. The molecule has 4 aromatic rings. The standard InChI is InChI=1S/C25H20N2O5S/c1-30-20-11-6-12-21(31-2)22(20)23(28)27-25(33)26-17-9-5-8-15(13-17)18-14-16-7-3-4-10-19(16)32-24(18)29/h3-14H,1-2H3,(H2,26,27,28,33). The maximum Gasteiger partial charge on any atom is 0.344 e. The quantitative estimate of drug-likeness (QED) is 0.332. The molecule has 4 rings (SSSR count). The molecule has 0 aliphatic rings. The van der Waals surface area contributed by atoms with Gasteiger partial charge in [0.25, 0.3) is 5.91 Å². The number of rotatable bonds is 5. The van der Waals surface area contributed by atoms with Gasteiger partial charge in [0.05, 0.1) is 19.8 Å². The van der Waals surface area contributed by atoms with Crippen LogP contribution in [0.4, 0.5) is 5.69 Å². The summed E-state index contributed by atoms with van der Waals surface area (Å²) in [6.07, 6.45) is 0. The predicted molar refractivity (Wildman–Crippen MR) is 131 cm³/mol. The number of nitrogens with one attached hydrogen (secondary N) is 2. The number of benzene rings is 3. The summed E-state index contributed by atoms with van der Waals surface area (Å²) in [5.74, 6) is 0.243. The van der Waals surface area contributed by atoms with Gasteiger partial charge < -0.3 is 19.2 Å². The highest BCUT2D eigenvalue weighted by atomic mass is 32.1. The molecule has 0 bridgehead atoms. The number of para-hydroxylation sites is 1. The van der Waals surface area contributed by atoms with E-state index in [0.717, 1.165) is 5.39 Å². The van der Waals surface area contributed by atoms with Crippen molar-refractivity contribution in [1.29, 1.82) is 0 Å². The molecule has 0 aliphatic carbocycles. The maximum atomic E-state index is 12.8. The monoisotopic (exact) mass is 460 g/mol.